The normalized spacial score (nSPS) is 20.9. The molecule has 3 N–H and O–H groups in total. The Labute approximate surface area is 179 Å². The first-order valence-corrected chi connectivity index (χ1v) is 11.6. The molecule has 29 heavy (non-hydrogen) atoms. The number of aromatic nitrogens is 1. The summed E-state index contributed by atoms with van der Waals surface area (Å²) in [6, 6.07) is 0. The highest BCUT2D eigenvalue weighted by Gasteiger charge is 2.33. The van der Waals surface area contributed by atoms with E-state index < -0.39 is 12.1 Å². The summed E-state index contributed by atoms with van der Waals surface area (Å²) >= 11 is 2.74. The summed E-state index contributed by atoms with van der Waals surface area (Å²) in [4.78, 5) is 27.1. The maximum absolute atomic E-state index is 12.3. The van der Waals surface area contributed by atoms with E-state index in [1.807, 2.05) is 19.9 Å². The fraction of sp³-hybridized carbons (Fsp3) is 0.650. The third kappa shape index (κ3) is 7.08. The highest BCUT2D eigenvalue weighted by Crippen LogP contribution is 2.31. The molecule has 1 amide bonds. The van der Waals surface area contributed by atoms with E-state index >= 15 is 0 Å². The molecule has 0 aliphatic carbocycles. The third-order valence-electron chi connectivity index (χ3n) is 5.27. The van der Waals surface area contributed by atoms with Gasteiger partial charge in [-0.1, -0.05) is 44.2 Å². The molecular weight excluding hydrogens is 415 g/mol. The Hall–Kier alpha value is -1.45. The smallest absolute Gasteiger partial charge is 0.355 e. The van der Waals surface area contributed by atoms with E-state index in [9.17, 15) is 19.1 Å². The molecule has 0 radical (unpaired) electrons. The van der Waals surface area contributed by atoms with Gasteiger partial charge in [0.2, 0.25) is 5.91 Å². The second kappa shape index (κ2) is 11.1. The lowest BCUT2D eigenvalue weighted by molar-refractivity contribution is -0.122. The molecule has 1 fully saturated rings. The van der Waals surface area contributed by atoms with Crippen molar-refractivity contribution < 1.29 is 24.2 Å². The van der Waals surface area contributed by atoms with Crippen molar-refractivity contribution in [2.75, 3.05) is 19.0 Å². The van der Waals surface area contributed by atoms with Crippen molar-refractivity contribution in [3.8, 4) is 0 Å². The fourth-order valence-corrected chi connectivity index (χ4v) is 5.15. The predicted molar refractivity (Wildman–Crippen MR) is 113 cm³/mol. The SMILES string of the molecule is CC(C)(CCCCF)[C@H](O)/C=C/[C@@H]1CNC(=O)[C@H]1CCSc1nc(C(=O)O)cs1. The number of carboxylic acids is 1. The van der Waals surface area contributed by atoms with Crippen molar-refractivity contribution in [1.82, 2.24) is 10.3 Å². The zero-order valence-corrected chi connectivity index (χ0v) is 18.4. The van der Waals surface area contributed by atoms with Crippen LogP contribution in [0.2, 0.25) is 0 Å². The number of carboxylic acid groups (broad SMARTS) is 1. The summed E-state index contributed by atoms with van der Waals surface area (Å²) in [6.45, 7) is 4.13. The van der Waals surface area contributed by atoms with E-state index in [2.05, 4.69) is 10.3 Å². The summed E-state index contributed by atoms with van der Waals surface area (Å²) in [6.07, 6.45) is 5.64. The Kier molecular flexibility index (Phi) is 9.10. The Morgan fingerprint density at radius 3 is 2.93 bits per heavy atom. The Balaban J connectivity index is 1.86. The standard InChI is InChI=1S/C20H29FN2O4S2/c1-20(2,8-3-4-9-21)16(24)6-5-13-11-22-17(25)14(13)7-10-28-19-23-15(12-29-19)18(26)27/h5-6,12-14,16,24H,3-4,7-11H2,1-2H3,(H,22,25)(H,26,27)/b6-5+/t13-,14+,16-/m1/s1. The number of nitrogens with one attached hydrogen (secondary N) is 1. The maximum atomic E-state index is 12.3. The van der Waals surface area contributed by atoms with Crippen molar-refractivity contribution >= 4 is 35.0 Å². The first kappa shape index (κ1) is 23.8. The summed E-state index contributed by atoms with van der Waals surface area (Å²) in [5.74, 6) is -0.557. The number of aliphatic hydroxyl groups is 1. The zero-order chi connectivity index (χ0) is 21.4. The van der Waals surface area contributed by atoms with Gasteiger partial charge in [0.1, 0.15) is 0 Å². The summed E-state index contributed by atoms with van der Waals surface area (Å²) in [7, 11) is 0. The molecule has 9 heteroatoms. The van der Waals surface area contributed by atoms with E-state index in [0.29, 0.717) is 29.5 Å². The van der Waals surface area contributed by atoms with Gasteiger partial charge in [0.25, 0.3) is 0 Å². The van der Waals surface area contributed by atoms with Crippen molar-refractivity contribution in [1.29, 1.82) is 0 Å². The van der Waals surface area contributed by atoms with E-state index in [0.717, 1.165) is 12.8 Å². The van der Waals surface area contributed by atoms with Crippen LogP contribution in [0.5, 0.6) is 0 Å². The number of carbonyl (C=O) groups is 2. The first-order valence-electron chi connectivity index (χ1n) is 9.76. The fourth-order valence-electron chi connectivity index (χ4n) is 3.26. The summed E-state index contributed by atoms with van der Waals surface area (Å²) in [5.41, 5.74) is -0.306. The van der Waals surface area contributed by atoms with Gasteiger partial charge in [0.05, 0.1) is 12.8 Å². The second-order valence-electron chi connectivity index (χ2n) is 7.92. The molecule has 0 bridgehead atoms. The lowest BCUT2D eigenvalue weighted by atomic mass is 9.80. The average Bonchev–Trinajstić information content (AvgIpc) is 3.27. The zero-order valence-electron chi connectivity index (χ0n) is 16.8. The van der Waals surface area contributed by atoms with Crippen LogP contribution in [0.1, 0.15) is 50.0 Å². The van der Waals surface area contributed by atoms with Crippen molar-refractivity contribution in [3.63, 3.8) is 0 Å². The molecule has 162 valence electrons. The van der Waals surface area contributed by atoms with Crippen LogP contribution in [-0.2, 0) is 4.79 Å². The molecule has 0 unspecified atom stereocenters. The number of amides is 1. The topological polar surface area (TPSA) is 99.5 Å². The lowest BCUT2D eigenvalue weighted by Crippen LogP contribution is -2.28. The maximum Gasteiger partial charge on any atom is 0.355 e. The third-order valence-corrected chi connectivity index (χ3v) is 7.32. The summed E-state index contributed by atoms with van der Waals surface area (Å²) in [5, 5.41) is 23.8. The quantitative estimate of drug-likeness (QED) is 0.258. The van der Waals surface area contributed by atoms with Crippen LogP contribution < -0.4 is 5.32 Å². The van der Waals surface area contributed by atoms with Crippen molar-refractivity contribution in [3.05, 3.63) is 23.2 Å². The Morgan fingerprint density at radius 1 is 1.52 bits per heavy atom. The minimum atomic E-state index is -1.04. The van der Waals surface area contributed by atoms with Crippen molar-refractivity contribution in [2.45, 2.75) is 50.0 Å². The average molecular weight is 445 g/mol. The van der Waals surface area contributed by atoms with E-state index in [-0.39, 0.29) is 35.5 Å². The molecule has 0 aromatic carbocycles. The Morgan fingerprint density at radius 2 is 2.28 bits per heavy atom. The van der Waals surface area contributed by atoms with Crippen LogP contribution in [0.25, 0.3) is 0 Å². The summed E-state index contributed by atoms with van der Waals surface area (Å²) < 4.78 is 13.0. The first-order chi connectivity index (χ1) is 13.7. The molecule has 2 rings (SSSR count). The van der Waals surface area contributed by atoms with Gasteiger partial charge in [-0.25, -0.2) is 9.78 Å². The molecule has 3 atom stereocenters. The molecule has 6 nitrogen and oxygen atoms in total. The van der Waals surface area contributed by atoms with Gasteiger partial charge in [-0.05, 0) is 24.7 Å². The van der Waals surface area contributed by atoms with Crippen LogP contribution in [-0.4, -0.2) is 52.1 Å². The van der Waals surface area contributed by atoms with Gasteiger partial charge in [-0.3, -0.25) is 9.18 Å². The van der Waals surface area contributed by atoms with E-state index in [4.69, 9.17) is 5.11 Å². The minimum absolute atomic E-state index is 0.00214. The molecule has 1 aromatic heterocycles. The van der Waals surface area contributed by atoms with Crippen LogP contribution >= 0.6 is 23.1 Å². The number of hydrogen-bond acceptors (Lipinski definition) is 6. The van der Waals surface area contributed by atoms with Gasteiger partial charge in [0, 0.05) is 29.5 Å². The molecule has 1 aromatic rings. The monoisotopic (exact) mass is 444 g/mol. The van der Waals surface area contributed by atoms with Crippen LogP contribution in [0.15, 0.2) is 21.9 Å². The highest BCUT2D eigenvalue weighted by atomic mass is 32.2. The molecule has 2 heterocycles. The number of thioether (sulfide) groups is 1. The van der Waals surface area contributed by atoms with Crippen LogP contribution in [0.4, 0.5) is 4.39 Å². The molecule has 1 aliphatic heterocycles. The number of nitrogens with zero attached hydrogens (tertiary/aromatic N) is 1. The molecule has 0 spiro atoms. The number of alkyl halides is 1. The molecule has 1 aliphatic rings. The van der Waals surface area contributed by atoms with Gasteiger partial charge in [-0.2, -0.15) is 0 Å². The predicted octanol–water partition coefficient (Wildman–Crippen LogP) is 3.77. The van der Waals surface area contributed by atoms with Crippen LogP contribution in [0.3, 0.4) is 0 Å². The van der Waals surface area contributed by atoms with Crippen LogP contribution in [0, 0.1) is 17.3 Å². The highest BCUT2D eigenvalue weighted by molar-refractivity contribution is 8.01. The molecule has 1 saturated heterocycles. The largest absolute Gasteiger partial charge is 0.476 e. The second-order valence-corrected chi connectivity index (χ2v) is 10.1. The van der Waals surface area contributed by atoms with E-state index in [1.54, 1.807) is 6.08 Å². The minimum Gasteiger partial charge on any atom is -0.476 e. The molecular formula is C20H29FN2O4S2. The van der Waals surface area contributed by atoms with Crippen molar-refractivity contribution in [2.24, 2.45) is 17.3 Å². The van der Waals surface area contributed by atoms with E-state index in [1.165, 1.54) is 28.5 Å². The molecule has 0 saturated carbocycles. The lowest BCUT2D eigenvalue weighted by Gasteiger charge is -2.29. The number of hydrogen-bond donors (Lipinski definition) is 3. The number of carbonyl (C=O) groups excluding carboxylic acids is 1. The Bertz CT molecular complexity index is 723. The van der Waals surface area contributed by atoms with Gasteiger partial charge < -0.3 is 15.5 Å². The van der Waals surface area contributed by atoms with Gasteiger partial charge in [-0.15, -0.1) is 11.3 Å². The number of halogens is 1. The number of aromatic carboxylic acids is 1. The van der Waals surface area contributed by atoms with Gasteiger partial charge in [0.15, 0.2) is 10.0 Å². The number of aliphatic hydroxyl groups excluding tert-OH is 1. The van der Waals surface area contributed by atoms with Gasteiger partial charge >= 0.3 is 5.97 Å². The number of thiazole rings is 1. The number of rotatable bonds is 12. The number of unbranched alkanes of at least 4 members (excludes halogenated alkanes) is 1.